The summed E-state index contributed by atoms with van der Waals surface area (Å²) in [6.07, 6.45) is 1.49. The molecule has 0 saturated carbocycles. The molecule has 2 heterocycles. The van der Waals surface area contributed by atoms with E-state index >= 15 is 0 Å². The molecule has 2 aromatic heterocycles. The van der Waals surface area contributed by atoms with Crippen molar-refractivity contribution < 1.29 is 0 Å². The van der Waals surface area contributed by atoms with Gasteiger partial charge in [0, 0.05) is 12.1 Å². The topological polar surface area (TPSA) is 98.3 Å². The van der Waals surface area contributed by atoms with Gasteiger partial charge in [0.2, 0.25) is 0 Å². The second-order valence-electron chi connectivity index (χ2n) is 4.46. The van der Waals surface area contributed by atoms with Gasteiger partial charge in [0.1, 0.15) is 12.4 Å². The van der Waals surface area contributed by atoms with Gasteiger partial charge in [-0.1, -0.05) is 18.2 Å². The van der Waals surface area contributed by atoms with Crippen molar-refractivity contribution >= 4 is 0 Å². The van der Waals surface area contributed by atoms with Gasteiger partial charge >= 0.3 is 0 Å². The molecule has 1 aromatic carbocycles. The van der Waals surface area contributed by atoms with Crippen LogP contribution >= 0.6 is 0 Å². The highest BCUT2D eigenvalue weighted by atomic mass is 15.4. The van der Waals surface area contributed by atoms with E-state index in [-0.39, 0.29) is 5.82 Å². The number of benzene rings is 1. The van der Waals surface area contributed by atoms with Crippen LogP contribution in [-0.4, -0.2) is 24.5 Å². The molecule has 7 heteroatoms. The number of nitrogens with two attached hydrogens (primary N) is 1. The minimum Gasteiger partial charge on any atom is -0.326 e. The summed E-state index contributed by atoms with van der Waals surface area (Å²) in [5.41, 5.74) is 8.43. The van der Waals surface area contributed by atoms with E-state index in [0.717, 1.165) is 16.9 Å². The van der Waals surface area contributed by atoms with Crippen molar-refractivity contribution in [3.05, 3.63) is 53.7 Å². The van der Waals surface area contributed by atoms with Crippen LogP contribution in [0.25, 0.3) is 11.5 Å². The lowest BCUT2D eigenvalue weighted by atomic mass is 10.2. The third kappa shape index (κ3) is 2.17. The third-order valence-electron chi connectivity index (χ3n) is 3.17. The van der Waals surface area contributed by atoms with Crippen molar-refractivity contribution in [2.24, 2.45) is 5.73 Å². The standard InChI is InChI=1S/C14H13N7/c1-10-12(7-15)14(20-9-17-13(8-16)19-20)21(18-10)11-5-3-2-4-6-11/h2-6,9H,7,15H2,1H3. The Morgan fingerprint density at radius 3 is 2.62 bits per heavy atom. The number of aromatic nitrogens is 5. The highest BCUT2D eigenvalue weighted by Gasteiger charge is 2.18. The largest absolute Gasteiger partial charge is 0.326 e. The minimum absolute atomic E-state index is 0.108. The molecule has 3 rings (SSSR count). The molecule has 0 bridgehead atoms. The second kappa shape index (κ2) is 5.19. The van der Waals surface area contributed by atoms with Gasteiger partial charge in [0.05, 0.1) is 11.4 Å². The molecule has 0 aliphatic rings. The number of aryl methyl sites for hydroxylation is 1. The van der Waals surface area contributed by atoms with Crippen LogP contribution in [0.15, 0.2) is 36.7 Å². The van der Waals surface area contributed by atoms with Crippen LogP contribution in [0.5, 0.6) is 0 Å². The quantitative estimate of drug-likeness (QED) is 0.773. The predicted octanol–water partition coefficient (Wildman–Crippen LogP) is 1.09. The number of hydrogen-bond donors (Lipinski definition) is 1. The molecule has 21 heavy (non-hydrogen) atoms. The van der Waals surface area contributed by atoms with Gasteiger partial charge in [0.25, 0.3) is 5.82 Å². The van der Waals surface area contributed by atoms with Crippen molar-refractivity contribution in [2.45, 2.75) is 13.5 Å². The molecular formula is C14H13N7. The Labute approximate surface area is 121 Å². The molecule has 0 atom stereocenters. The summed E-state index contributed by atoms with van der Waals surface area (Å²) >= 11 is 0. The number of para-hydroxylation sites is 1. The molecule has 104 valence electrons. The molecule has 0 aliphatic heterocycles. The van der Waals surface area contributed by atoms with E-state index in [9.17, 15) is 0 Å². The van der Waals surface area contributed by atoms with Gasteiger partial charge in [-0.15, -0.1) is 5.10 Å². The molecule has 0 fully saturated rings. The molecule has 0 unspecified atom stereocenters. The molecular weight excluding hydrogens is 266 g/mol. The molecule has 2 N–H and O–H groups in total. The lowest BCUT2D eigenvalue weighted by molar-refractivity contribution is 0.753. The van der Waals surface area contributed by atoms with Crippen LogP contribution in [0.4, 0.5) is 0 Å². The van der Waals surface area contributed by atoms with Crippen molar-refractivity contribution in [1.82, 2.24) is 24.5 Å². The maximum Gasteiger partial charge on any atom is 0.252 e. The summed E-state index contributed by atoms with van der Waals surface area (Å²) in [5.74, 6) is 0.812. The molecule has 3 aromatic rings. The molecule has 7 nitrogen and oxygen atoms in total. The van der Waals surface area contributed by atoms with Crippen LogP contribution in [0, 0.1) is 18.3 Å². The average molecular weight is 279 g/mol. The summed E-state index contributed by atoms with van der Waals surface area (Å²) < 4.78 is 3.29. The van der Waals surface area contributed by atoms with Crippen LogP contribution in [-0.2, 0) is 6.54 Å². The maximum absolute atomic E-state index is 8.88. The summed E-state index contributed by atoms with van der Waals surface area (Å²) in [5, 5.41) is 17.5. The Kier molecular flexibility index (Phi) is 3.22. The highest BCUT2D eigenvalue weighted by molar-refractivity contribution is 5.45. The van der Waals surface area contributed by atoms with Gasteiger partial charge in [-0.2, -0.15) is 10.4 Å². The highest BCUT2D eigenvalue weighted by Crippen LogP contribution is 2.21. The first-order chi connectivity index (χ1) is 10.2. The lowest BCUT2D eigenvalue weighted by Crippen LogP contribution is -2.10. The van der Waals surface area contributed by atoms with Crippen molar-refractivity contribution in [2.75, 3.05) is 0 Å². The molecule has 0 saturated heterocycles. The van der Waals surface area contributed by atoms with Crippen molar-refractivity contribution in [1.29, 1.82) is 5.26 Å². The molecule has 0 aliphatic carbocycles. The van der Waals surface area contributed by atoms with Gasteiger partial charge in [-0.25, -0.2) is 14.3 Å². The van der Waals surface area contributed by atoms with Gasteiger partial charge in [-0.05, 0) is 19.1 Å². The van der Waals surface area contributed by atoms with Crippen LogP contribution in [0.2, 0.25) is 0 Å². The number of nitriles is 1. The maximum atomic E-state index is 8.88. The first-order valence-electron chi connectivity index (χ1n) is 6.40. The van der Waals surface area contributed by atoms with E-state index < -0.39 is 0 Å². The number of nitrogens with zero attached hydrogens (tertiary/aromatic N) is 6. The lowest BCUT2D eigenvalue weighted by Gasteiger charge is -2.08. The molecule has 0 spiro atoms. The zero-order valence-corrected chi connectivity index (χ0v) is 11.4. The molecule has 0 radical (unpaired) electrons. The Bertz CT molecular complexity index is 808. The Balaban J connectivity index is 2.24. The first kappa shape index (κ1) is 13.0. The van der Waals surface area contributed by atoms with Crippen LogP contribution in [0.1, 0.15) is 17.1 Å². The number of hydrogen-bond acceptors (Lipinski definition) is 5. The normalized spacial score (nSPS) is 10.5. The average Bonchev–Trinajstić information content (AvgIpc) is 3.11. The first-order valence-corrected chi connectivity index (χ1v) is 6.40. The van der Waals surface area contributed by atoms with Gasteiger partial charge in [0.15, 0.2) is 5.82 Å². The SMILES string of the molecule is Cc1nn(-c2ccccc2)c(-n2cnc(C#N)n2)c1CN. The summed E-state index contributed by atoms with van der Waals surface area (Å²) in [6.45, 7) is 2.23. The van der Waals surface area contributed by atoms with E-state index in [1.807, 2.05) is 43.3 Å². The molecule has 0 amide bonds. The van der Waals surface area contributed by atoms with E-state index in [0.29, 0.717) is 12.4 Å². The Morgan fingerprint density at radius 2 is 2.00 bits per heavy atom. The smallest absolute Gasteiger partial charge is 0.252 e. The van der Waals surface area contributed by atoms with Crippen molar-refractivity contribution in [3.8, 4) is 17.6 Å². The fraction of sp³-hybridized carbons (Fsp3) is 0.143. The van der Waals surface area contributed by atoms with Crippen molar-refractivity contribution in [3.63, 3.8) is 0 Å². The van der Waals surface area contributed by atoms with Crippen LogP contribution in [0.3, 0.4) is 0 Å². The summed E-state index contributed by atoms with van der Waals surface area (Å²) in [4.78, 5) is 3.94. The number of rotatable bonds is 3. The van der Waals surface area contributed by atoms with Crippen LogP contribution < -0.4 is 5.73 Å². The van der Waals surface area contributed by atoms with Gasteiger partial charge in [-0.3, -0.25) is 0 Å². The van der Waals surface area contributed by atoms with E-state index in [1.54, 1.807) is 4.68 Å². The monoisotopic (exact) mass is 279 g/mol. The fourth-order valence-electron chi connectivity index (χ4n) is 2.19. The summed E-state index contributed by atoms with van der Waals surface area (Å²) in [7, 11) is 0. The van der Waals surface area contributed by atoms with E-state index in [4.69, 9.17) is 11.0 Å². The zero-order chi connectivity index (χ0) is 14.8. The summed E-state index contributed by atoms with van der Waals surface area (Å²) in [6, 6.07) is 11.6. The van der Waals surface area contributed by atoms with Gasteiger partial charge < -0.3 is 5.73 Å². The Morgan fingerprint density at radius 1 is 1.24 bits per heavy atom. The third-order valence-corrected chi connectivity index (χ3v) is 3.17. The van der Waals surface area contributed by atoms with E-state index in [2.05, 4.69) is 15.2 Å². The predicted molar refractivity (Wildman–Crippen MR) is 75.8 cm³/mol. The fourth-order valence-corrected chi connectivity index (χ4v) is 2.19. The Hall–Kier alpha value is -2.98. The second-order valence-corrected chi connectivity index (χ2v) is 4.46. The minimum atomic E-state index is 0.108. The van der Waals surface area contributed by atoms with E-state index in [1.165, 1.54) is 11.0 Å². The zero-order valence-electron chi connectivity index (χ0n) is 11.4.